The SMILES string of the molecule is CN(c1ccc(-c2ccccc2)cc1)c1ccc2c(c1)c1ccccc1n2-c1ccccc1.CN(c1ccc(-n2c3ccccc3c3ccccc32)cc1)c1cccc2ccccc12.CN(c1ccccc1)c1ccc(-n2c3ccccc3c3ccccc32)cc1.CN(c1ccccc1)c1ccc2c(c1)c1ccccc1n2-c1ccc(-c2ccccc2)cc1. The van der Waals surface area contributed by atoms with Crippen LogP contribution in [0.3, 0.4) is 0 Å². The van der Waals surface area contributed by atoms with Crippen molar-refractivity contribution in [2.75, 3.05) is 47.8 Å². The molecule has 0 amide bonds. The Morgan fingerprint density at radius 2 is 0.371 bits per heavy atom. The molecule has 0 saturated carbocycles. The van der Waals surface area contributed by atoms with Gasteiger partial charge in [-0.3, -0.25) is 0 Å². The normalized spacial score (nSPS) is 11.2. The highest BCUT2D eigenvalue weighted by Crippen LogP contribution is 2.42. The molecule has 0 bridgehead atoms. The van der Waals surface area contributed by atoms with E-state index in [-0.39, 0.29) is 0 Å². The molecule has 0 aliphatic carbocycles. The molecule has 0 atom stereocenters. The van der Waals surface area contributed by atoms with E-state index in [0.29, 0.717) is 0 Å². The molecule has 0 saturated heterocycles. The standard InChI is InChI=1S/2C31H24N2.C29H22N2.C25H20N2/c1-32(25-18-16-24(17-19-25)23-10-4-2-5-11-23)27-20-21-31-29(22-27)28-14-8-9-15-30(28)33(31)26-12-6-3-7-13-26;1-32(25-12-6-3-7-13-25)27-20-21-31-29(22-27)28-14-8-9-15-30(28)33(31)26-18-16-24(17-19-26)23-10-4-2-5-11-23;1-30(27-16-8-10-21-9-2-3-11-24(21)27)22-17-19-23(20-18-22)31-28-14-6-4-12-25(28)26-13-5-7-15-29(26)31;1-26(19-9-3-2-4-10-19)20-15-17-21(18-16-20)27-24-13-7-5-11-22(24)23-12-6-8-14-25(23)27/h2*2-22H,1H3;2-20H,1H3;2-18H,1H3. The van der Waals surface area contributed by atoms with Gasteiger partial charge in [-0.25, -0.2) is 0 Å². The first-order valence-corrected chi connectivity index (χ1v) is 42.4. The number of rotatable bonds is 14. The maximum absolute atomic E-state index is 2.37. The second-order valence-electron chi connectivity index (χ2n) is 31.4. The lowest BCUT2D eigenvalue weighted by Gasteiger charge is -2.22. The molecule has 0 spiro atoms. The molecule has 0 aliphatic heterocycles. The van der Waals surface area contributed by atoms with Crippen LogP contribution in [0.15, 0.2) is 473 Å². The third-order valence-corrected chi connectivity index (χ3v) is 24.3. The lowest BCUT2D eigenvalue weighted by atomic mass is 10.1. The Bertz CT molecular complexity index is 7580. The van der Waals surface area contributed by atoms with Crippen LogP contribution in [-0.2, 0) is 0 Å². The number of fused-ring (bicyclic) bond motifs is 13. The summed E-state index contributed by atoms with van der Waals surface area (Å²) in [6, 6.07) is 168. The molecule has 8 nitrogen and oxygen atoms in total. The highest BCUT2D eigenvalue weighted by atomic mass is 15.1. The molecule has 0 aliphatic rings. The van der Waals surface area contributed by atoms with Crippen molar-refractivity contribution in [3.05, 3.63) is 473 Å². The molecule has 4 aromatic heterocycles. The van der Waals surface area contributed by atoms with Crippen molar-refractivity contribution in [2.45, 2.75) is 0 Å². The second kappa shape index (κ2) is 33.9. The fourth-order valence-corrected chi connectivity index (χ4v) is 17.9. The van der Waals surface area contributed by atoms with E-state index < -0.39 is 0 Å². The van der Waals surface area contributed by atoms with Crippen molar-refractivity contribution in [1.29, 1.82) is 0 Å². The lowest BCUT2D eigenvalue weighted by molar-refractivity contribution is 1.16. The van der Waals surface area contributed by atoms with Gasteiger partial charge >= 0.3 is 0 Å². The summed E-state index contributed by atoms with van der Waals surface area (Å²) in [4.78, 5) is 8.96. The van der Waals surface area contributed by atoms with Gasteiger partial charge in [0.15, 0.2) is 0 Å². The fourth-order valence-electron chi connectivity index (χ4n) is 17.9. The van der Waals surface area contributed by atoms with Crippen LogP contribution < -0.4 is 19.6 Å². The van der Waals surface area contributed by atoms with Crippen molar-refractivity contribution >= 4 is 143 Å². The lowest BCUT2D eigenvalue weighted by Crippen LogP contribution is -2.10. The molecule has 23 aromatic rings. The van der Waals surface area contributed by atoms with Crippen molar-refractivity contribution < 1.29 is 0 Å². The Labute approximate surface area is 723 Å². The molecule has 19 aromatic carbocycles. The Hall–Kier alpha value is -16.2. The number of anilines is 8. The second-order valence-corrected chi connectivity index (χ2v) is 31.4. The predicted molar refractivity (Wildman–Crippen MR) is 530 cm³/mol. The van der Waals surface area contributed by atoms with Crippen molar-refractivity contribution in [1.82, 2.24) is 18.3 Å². The van der Waals surface area contributed by atoms with Gasteiger partial charge in [-0.15, -0.1) is 0 Å². The number of hydrogen-bond acceptors (Lipinski definition) is 4. The summed E-state index contributed by atoms with van der Waals surface area (Å²) in [5.74, 6) is 0. The first-order valence-electron chi connectivity index (χ1n) is 42.4. The highest BCUT2D eigenvalue weighted by Gasteiger charge is 2.20. The van der Waals surface area contributed by atoms with E-state index in [1.54, 1.807) is 0 Å². The molecule has 4 heterocycles. The molecule has 0 fully saturated rings. The van der Waals surface area contributed by atoms with Gasteiger partial charge in [0.25, 0.3) is 0 Å². The summed E-state index contributed by atoms with van der Waals surface area (Å²) < 4.78 is 9.41. The average Bonchev–Trinajstić information content (AvgIpc) is 1.60. The summed E-state index contributed by atoms with van der Waals surface area (Å²) >= 11 is 0. The monoisotopic (exact) mass is 1590 g/mol. The van der Waals surface area contributed by atoms with Gasteiger partial charge in [0.2, 0.25) is 0 Å². The Balaban J connectivity index is 0.000000105. The van der Waals surface area contributed by atoms with E-state index in [0.717, 1.165) is 0 Å². The Kier molecular flexibility index (Phi) is 20.9. The van der Waals surface area contributed by atoms with E-state index in [1.807, 2.05) is 6.07 Å². The number of nitrogens with zero attached hydrogens (tertiary/aromatic N) is 8. The highest BCUT2D eigenvalue weighted by molar-refractivity contribution is 6.13. The van der Waals surface area contributed by atoms with Gasteiger partial charge in [-0.05, 0) is 216 Å². The van der Waals surface area contributed by atoms with Crippen molar-refractivity contribution in [2.24, 2.45) is 0 Å². The molecular weight excluding hydrogens is 1510 g/mol. The fraction of sp³-hybridized carbons (Fsp3) is 0.0345. The van der Waals surface area contributed by atoms with Crippen LogP contribution in [-0.4, -0.2) is 46.5 Å². The summed E-state index contributed by atoms with van der Waals surface area (Å²) in [5.41, 5.74) is 28.9. The summed E-state index contributed by atoms with van der Waals surface area (Å²) in [7, 11) is 8.50. The predicted octanol–water partition coefficient (Wildman–Crippen LogP) is 30.7. The minimum absolute atomic E-state index is 1.17. The van der Waals surface area contributed by atoms with Crippen LogP contribution in [0.5, 0.6) is 0 Å². The van der Waals surface area contributed by atoms with E-state index in [1.165, 1.54) is 188 Å². The molecule has 8 heteroatoms. The number of para-hydroxylation sites is 9. The van der Waals surface area contributed by atoms with Crippen LogP contribution in [0.25, 0.3) is 143 Å². The first-order chi connectivity index (χ1) is 61.2. The van der Waals surface area contributed by atoms with Gasteiger partial charge < -0.3 is 37.9 Å². The number of aromatic nitrogens is 4. The maximum Gasteiger partial charge on any atom is 0.0542 e. The molecular formula is C116H90N8. The zero-order valence-electron chi connectivity index (χ0n) is 69.6. The maximum atomic E-state index is 2.37. The largest absolute Gasteiger partial charge is 0.345 e. The minimum atomic E-state index is 1.17. The summed E-state index contributed by atoms with van der Waals surface area (Å²) in [6.07, 6.45) is 0. The summed E-state index contributed by atoms with van der Waals surface area (Å²) in [6.45, 7) is 0. The van der Waals surface area contributed by atoms with E-state index in [4.69, 9.17) is 0 Å². The van der Waals surface area contributed by atoms with Crippen LogP contribution in [0.2, 0.25) is 0 Å². The van der Waals surface area contributed by atoms with Crippen LogP contribution in [0, 0.1) is 0 Å². The average molecular weight is 1600 g/mol. The number of hydrogen-bond donors (Lipinski definition) is 0. The zero-order chi connectivity index (χ0) is 83.4. The van der Waals surface area contributed by atoms with Gasteiger partial charge in [-0.2, -0.15) is 0 Å². The van der Waals surface area contributed by atoms with Gasteiger partial charge in [0.05, 0.1) is 44.1 Å². The Morgan fingerprint density at radius 3 is 0.742 bits per heavy atom. The first kappa shape index (κ1) is 76.5. The smallest absolute Gasteiger partial charge is 0.0542 e. The third-order valence-electron chi connectivity index (χ3n) is 24.3. The van der Waals surface area contributed by atoms with Crippen LogP contribution in [0.4, 0.5) is 45.5 Å². The molecule has 594 valence electrons. The van der Waals surface area contributed by atoms with Crippen molar-refractivity contribution in [3.63, 3.8) is 0 Å². The van der Waals surface area contributed by atoms with Crippen molar-refractivity contribution in [3.8, 4) is 45.0 Å². The topological polar surface area (TPSA) is 32.7 Å². The molecule has 0 radical (unpaired) electrons. The Morgan fingerprint density at radius 1 is 0.145 bits per heavy atom. The van der Waals surface area contributed by atoms with Gasteiger partial charge in [0, 0.05) is 145 Å². The van der Waals surface area contributed by atoms with Crippen LogP contribution in [0.1, 0.15) is 0 Å². The zero-order valence-corrected chi connectivity index (χ0v) is 69.6. The molecule has 23 rings (SSSR count). The van der Waals surface area contributed by atoms with Gasteiger partial charge in [0.1, 0.15) is 0 Å². The van der Waals surface area contributed by atoms with Crippen LogP contribution >= 0.6 is 0 Å². The van der Waals surface area contributed by atoms with E-state index in [9.17, 15) is 0 Å². The quantitative estimate of drug-likeness (QED) is 0.109. The van der Waals surface area contributed by atoms with E-state index >= 15 is 0 Å². The van der Waals surface area contributed by atoms with E-state index in [2.05, 4.69) is 533 Å². The van der Waals surface area contributed by atoms with Gasteiger partial charge in [-0.1, -0.05) is 285 Å². The third kappa shape index (κ3) is 14.7. The molecule has 124 heavy (non-hydrogen) atoms. The summed E-state index contributed by atoms with van der Waals surface area (Å²) in [5, 5.41) is 12.7. The number of benzene rings is 19. The molecule has 0 unspecified atom stereocenters. The minimum Gasteiger partial charge on any atom is -0.345 e. The molecule has 0 N–H and O–H groups in total.